The molecule has 3 unspecified atom stereocenters. The Balaban J connectivity index is 2.30. The van der Waals surface area contributed by atoms with Crippen LogP contribution >= 0.6 is 34.8 Å². The van der Waals surface area contributed by atoms with Gasteiger partial charge in [0, 0.05) is 6.21 Å². The number of alkyl halides is 3. The zero-order chi connectivity index (χ0) is 24.7. The van der Waals surface area contributed by atoms with Crippen LogP contribution in [0.1, 0.15) is 36.6 Å². The first-order valence-electron chi connectivity index (χ1n) is 9.49. The summed E-state index contributed by atoms with van der Waals surface area (Å²) in [6, 6.07) is 5.29. The number of carbonyl (C=O) groups excluding carboxylic acids is 1. The van der Waals surface area contributed by atoms with Gasteiger partial charge in [0.1, 0.15) is 23.2 Å². The molecule has 0 aliphatic carbocycles. The van der Waals surface area contributed by atoms with E-state index in [1.807, 2.05) is 0 Å². The summed E-state index contributed by atoms with van der Waals surface area (Å²) < 4.78 is 63.4. The second kappa shape index (κ2) is 9.13. The third-order valence-corrected chi connectivity index (χ3v) is 6.43. The zero-order valence-electron chi connectivity index (χ0n) is 17.1. The molecule has 1 aliphatic rings. The molecule has 0 saturated heterocycles. The van der Waals surface area contributed by atoms with Crippen LogP contribution in [0.2, 0.25) is 15.1 Å². The van der Waals surface area contributed by atoms with Gasteiger partial charge in [-0.3, -0.25) is 9.79 Å². The van der Waals surface area contributed by atoms with Gasteiger partial charge in [0.2, 0.25) is 0 Å². The second-order valence-electron chi connectivity index (χ2n) is 7.66. The molecule has 174 valence electrons. The molecule has 11 heteroatoms. The van der Waals surface area contributed by atoms with E-state index in [9.17, 15) is 22.4 Å². The maximum Gasteiger partial charge on any atom is 0.404 e. The van der Waals surface area contributed by atoms with Crippen LogP contribution < -0.4 is 0 Å². The number of hydrogen-bond acceptors (Lipinski definition) is 4. The predicted molar refractivity (Wildman–Crippen MR) is 116 cm³/mol. The number of aliphatic imine (C=N–C) groups is 1. The summed E-state index contributed by atoms with van der Waals surface area (Å²) in [6.07, 6.45) is -5.18. The molecule has 0 aromatic heterocycles. The number of rotatable bonds is 4. The van der Waals surface area contributed by atoms with Crippen LogP contribution in [-0.4, -0.2) is 24.5 Å². The van der Waals surface area contributed by atoms with Gasteiger partial charge in [-0.2, -0.15) is 18.4 Å². The van der Waals surface area contributed by atoms with Crippen molar-refractivity contribution in [3.63, 3.8) is 0 Å². The summed E-state index contributed by atoms with van der Waals surface area (Å²) in [4.78, 5) is 17.1. The Morgan fingerprint density at radius 3 is 2.30 bits per heavy atom. The second-order valence-corrected chi connectivity index (χ2v) is 8.85. The van der Waals surface area contributed by atoms with Crippen LogP contribution in [0, 0.1) is 23.1 Å². The molecule has 0 saturated carbocycles. The van der Waals surface area contributed by atoms with Crippen molar-refractivity contribution in [1.82, 2.24) is 0 Å². The summed E-state index contributed by atoms with van der Waals surface area (Å²) >= 11 is 17.9. The van der Waals surface area contributed by atoms with Gasteiger partial charge in [-0.1, -0.05) is 40.9 Å². The lowest BCUT2D eigenvalue weighted by Crippen LogP contribution is -2.52. The van der Waals surface area contributed by atoms with Gasteiger partial charge >= 0.3 is 12.1 Å². The van der Waals surface area contributed by atoms with E-state index in [1.165, 1.54) is 19.9 Å². The van der Waals surface area contributed by atoms with Crippen molar-refractivity contribution in [3.05, 3.63) is 67.9 Å². The van der Waals surface area contributed by atoms with Gasteiger partial charge in [0.05, 0.1) is 32.8 Å². The van der Waals surface area contributed by atoms with E-state index in [1.54, 1.807) is 6.07 Å². The van der Waals surface area contributed by atoms with E-state index < -0.39 is 52.6 Å². The van der Waals surface area contributed by atoms with Gasteiger partial charge in [-0.25, -0.2) is 4.39 Å². The molecular weight excluding hydrogens is 507 g/mol. The minimum Gasteiger partial charge on any atom is -0.463 e. The largest absolute Gasteiger partial charge is 0.463 e. The van der Waals surface area contributed by atoms with Crippen LogP contribution in [0.5, 0.6) is 0 Å². The Kier molecular flexibility index (Phi) is 6.99. The Labute approximate surface area is 201 Å². The number of nitrogens with zero attached hydrogens (tertiary/aromatic N) is 2. The molecule has 0 bridgehead atoms. The number of halogens is 7. The monoisotopic (exact) mass is 520 g/mol. The van der Waals surface area contributed by atoms with Crippen LogP contribution in [0.15, 0.2) is 35.3 Å². The summed E-state index contributed by atoms with van der Waals surface area (Å²) in [5.74, 6) is -4.00. The van der Waals surface area contributed by atoms with Crippen LogP contribution in [-0.2, 0) is 14.9 Å². The topological polar surface area (TPSA) is 62.5 Å². The SMILES string of the molecule is CC(C)OC(=O)C1C(c2ccc(F)c(C#N)c2)N=CC1(c1cc(Cl)c(Cl)c(Cl)c1)C(F)(F)F. The van der Waals surface area contributed by atoms with E-state index >= 15 is 0 Å². The highest BCUT2D eigenvalue weighted by Crippen LogP contribution is 2.55. The number of nitriles is 1. The number of esters is 1. The summed E-state index contributed by atoms with van der Waals surface area (Å²) in [6.45, 7) is 2.97. The lowest BCUT2D eigenvalue weighted by molar-refractivity contribution is -0.194. The molecule has 2 aromatic rings. The maximum absolute atomic E-state index is 14.8. The quantitative estimate of drug-likeness (QED) is 0.251. The summed E-state index contributed by atoms with van der Waals surface area (Å²) in [5.41, 5.74) is -3.81. The van der Waals surface area contributed by atoms with E-state index in [4.69, 9.17) is 44.8 Å². The number of hydrogen-bond donors (Lipinski definition) is 0. The summed E-state index contributed by atoms with van der Waals surface area (Å²) in [5, 5.41) is 8.49. The minimum atomic E-state index is -5.05. The van der Waals surface area contributed by atoms with Crippen molar-refractivity contribution in [2.24, 2.45) is 10.9 Å². The highest BCUT2D eigenvalue weighted by molar-refractivity contribution is 6.48. The highest BCUT2D eigenvalue weighted by atomic mass is 35.5. The molecule has 1 aliphatic heterocycles. The fourth-order valence-corrected chi connectivity index (χ4v) is 4.38. The fourth-order valence-electron chi connectivity index (χ4n) is 3.79. The molecule has 0 amide bonds. The smallest absolute Gasteiger partial charge is 0.404 e. The molecule has 0 fully saturated rings. The molecule has 4 nitrogen and oxygen atoms in total. The normalized spacial score (nSPS) is 22.5. The van der Waals surface area contributed by atoms with Gasteiger partial charge in [-0.15, -0.1) is 0 Å². The number of benzene rings is 2. The molecule has 33 heavy (non-hydrogen) atoms. The van der Waals surface area contributed by atoms with Crippen LogP contribution in [0.25, 0.3) is 0 Å². The first-order chi connectivity index (χ1) is 15.3. The highest BCUT2D eigenvalue weighted by Gasteiger charge is 2.67. The first-order valence-corrected chi connectivity index (χ1v) is 10.6. The lowest BCUT2D eigenvalue weighted by Gasteiger charge is -2.37. The standard InChI is InChI=1S/C22H15Cl3F4N2O2/c1-10(2)33-20(32)17-19(11-3-4-16(26)12(5-11)8-30)31-9-21(17,22(27,28)29)13-6-14(23)18(25)15(24)7-13/h3-7,9-10,17,19H,1-2H3. The van der Waals surface area contributed by atoms with Crippen molar-refractivity contribution in [3.8, 4) is 6.07 Å². The number of carbonyl (C=O) groups is 1. The third kappa shape index (κ3) is 4.42. The average Bonchev–Trinajstić information content (AvgIpc) is 3.13. The van der Waals surface area contributed by atoms with E-state index in [-0.39, 0.29) is 20.6 Å². The molecule has 0 spiro atoms. The van der Waals surface area contributed by atoms with Crippen molar-refractivity contribution in [1.29, 1.82) is 5.26 Å². The lowest BCUT2D eigenvalue weighted by atomic mass is 9.68. The van der Waals surface area contributed by atoms with Gasteiger partial charge in [0.15, 0.2) is 0 Å². The van der Waals surface area contributed by atoms with Gasteiger partial charge in [0.25, 0.3) is 0 Å². The molecule has 1 heterocycles. The predicted octanol–water partition coefficient (Wildman–Crippen LogP) is 6.85. The average molecular weight is 522 g/mol. The Morgan fingerprint density at radius 1 is 1.18 bits per heavy atom. The van der Waals surface area contributed by atoms with Crippen molar-refractivity contribution < 1.29 is 27.1 Å². The summed E-state index contributed by atoms with van der Waals surface area (Å²) in [7, 11) is 0. The molecule has 0 radical (unpaired) electrons. The van der Waals surface area contributed by atoms with Crippen molar-refractivity contribution in [2.75, 3.05) is 0 Å². The van der Waals surface area contributed by atoms with E-state index in [2.05, 4.69) is 4.99 Å². The van der Waals surface area contributed by atoms with Gasteiger partial charge in [-0.05, 0) is 49.2 Å². The molecule has 2 aromatic carbocycles. The van der Waals surface area contributed by atoms with Crippen LogP contribution in [0.4, 0.5) is 17.6 Å². The first kappa shape index (κ1) is 25.3. The Hall–Kier alpha value is -2.34. The third-order valence-electron chi connectivity index (χ3n) is 5.23. The van der Waals surface area contributed by atoms with E-state index in [0.717, 1.165) is 24.3 Å². The van der Waals surface area contributed by atoms with Crippen molar-refractivity contribution >= 4 is 47.0 Å². The minimum absolute atomic E-state index is 0.0344. The van der Waals surface area contributed by atoms with Crippen LogP contribution in [0.3, 0.4) is 0 Å². The number of ether oxygens (including phenoxy) is 1. The molecule has 3 rings (SSSR count). The maximum atomic E-state index is 14.8. The molecular formula is C22H15Cl3F4N2O2. The van der Waals surface area contributed by atoms with Crippen molar-refractivity contribution in [2.45, 2.75) is 37.6 Å². The van der Waals surface area contributed by atoms with Gasteiger partial charge < -0.3 is 4.74 Å². The molecule has 0 N–H and O–H groups in total. The Bertz CT molecular complexity index is 1150. The Morgan fingerprint density at radius 2 is 1.79 bits per heavy atom. The van der Waals surface area contributed by atoms with E-state index in [0.29, 0.717) is 6.21 Å². The zero-order valence-corrected chi connectivity index (χ0v) is 19.3. The fraction of sp³-hybridized carbons (Fsp3) is 0.318. The molecule has 3 atom stereocenters.